The molecule has 0 radical (unpaired) electrons. The second kappa shape index (κ2) is 10.8. The molecule has 0 fully saturated rings. The van der Waals surface area contributed by atoms with Gasteiger partial charge in [0.15, 0.2) is 6.61 Å². The maximum atomic E-state index is 12.4. The maximum absolute atomic E-state index is 12.4. The van der Waals surface area contributed by atoms with Gasteiger partial charge in [-0.2, -0.15) is 0 Å². The number of carbonyl (C=O) groups is 3. The van der Waals surface area contributed by atoms with Gasteiger partial charge in [0.25, 0.3) is 5.91 Å². The Balaban J connectivity index is 1.88. The number of hydrogen-bond donors (Lipinski definition) is 2. The third-order valence-corrected chi connectivity index (χ3v) is 5.95. The van der Waals surface area contributed by atoms with Crippen molar-refractivity contribution in [2.45, 2.75) is 43.3 Å². The first-order valence-electron chi connectivity index (χ1n) is 8.79. The summed E-state index contributed by atoms with van der Waals surface area (Å²) >= 11 is 3.09. The lowest BCUT2D eigenvalue weighted by atomic mass is 10.1. The lowest BCUT2D eigenvalue weighted by molar-refractivity contribution is -0.123. The summed E-state index contributed by atoms with van der Waals surface area (Å²) in [5.41, 5.74) is 2.14. The van der Waals surface area contributed by atoms with E-state index in [1.165, 1.54) is 11.8 Å². The summed E-state index contributed by atoms with van der Waals surface area (Å²) in [6.07, 6.45) is 0.742. The number of hydrogen-bond acceptors (Lipinski definition) is 7. The Hall–Kier alpha value is -2.39. The third kappa shape index (κ3) is 6.97. The van der Waals surface area contributed by atoms with E-state index in [1.54, 1.807) is 23.5 Å². The molecule has 1 aromatic heterocycles. The van der Waals surface area contributed by atoms with Crippen LogP contribution in [0, 0.1) is 6.92 Å². The summed E-state index contributed by atoms with van der Waals surface area (Å²) in [6.45, 7) is 5.14. The number of nitrogens with zero attached hydrogens (tertiary/aromatic N) is 1. The molecule has 3 amide bonds. The highest BCUT2D eigenvalue weighted by atomic mass is 32.2. The van der Waals surface area contributed by atoms with Crippen LogP contribution in [0.1, 0.15) is 41.9 Å². The molecule has 1 heterocycles. The number of benzene rings is 1. The zero-order chi connectivity index (χ0) is 20.5. The number of carbonyl (C=O) groups excluding carboxylic acids is 3. The highest BCUT2D eigenvalue weighted by Crippen LogP contribution is 2.27. The van der Waals surface area contributed by atoms with Crippen molar-refractivity contribution in [2.75, 3.05) is 6.61 Å². The first kappa shape index (κ1) is 21.9. The van der Waals surface area contributed by atoms with Crippen LogP contribution in [0.3, 0.4) is 0 Å². The normalized spacial score (nSPS) is 11.5. The molecule has 0 saturated carbocycles. The molecule has 7 nitrogen and oxygen atoms in total. The second-order valence-corrected chi connectivity index (χ2v) is 8.19. The number of thiazole rings is 1. The molecule has 2 aromatic rings. The molecule has 1 aromatic carbocycles. The van der Waals surface area contributed by atoms with Crippen LogP contribution in [-0.2, 0) is 15.3 Å². The van der Waals surface area contributed by atoms with Gasteiger partial charge in [-0.05, 0) is 31.9 Å². The molecule has 0 aliphatic rings. The van der Waals surface area contributed by atoms with Gasteiger partial charge >= 0.3 is 12.0 Å². The number of amides is 3. The number of ether oxygens (including phenoxy) is 1. The first-order chi connectivity index (χ1) is 13.4. The monoisotopic (exact) mass is 421 g/mol. The molecule has 150 valence electrons. The van der Waals surface area contributed by atoms with E-state index in [-0.39, 0.29) is 6.04 Å². The van der Waals surface area contributed by atoms with Gasteiger partial charge < -0.3 is 10.1 Å². The molecule has 0 bridgehead atoms. The van der Waals surface area contributed by atoms with Crippen LogP contribution in [0.5, 0.6) is 0 Å². The fourth-order valence-electron chi connectivity index (χ4n) is 2.12. The third-order valence-electron chi connectivity index (χ3n) is 3.76. The van der Waals surface area contributed by atoms with E-state index >= 15 is 0 Å². The van der Waals surface area contributed by atoms with Crippen LogP contribution in [-0.4, -0.2) is 35.5 Å². The minimum Gasteiger partial charge on any atom is -0.452 e. The van der Waals surface area contributed by atoms with E-state index < -0.39 is 24.5 Å². The van der Waals surface area contributed by atoms with Gasteiger partial charge in [0.05, 0.1) is 5.56 Å². The summed E-state index contributed by atoms with van der Waals surface area (Å²) < 4.78 is 5.99. The number of nitrogens with one attached hydrogen (secondary N) is 2. The summed E-state index contributed by atoms with van der Waals surface area (Å²) in [4.78, 5) is 40.2. The van der Waals surface area contributed by atoms with E-state index in [4.69, 9.17) is 4.74 Å². The van der Waals surface area contributed by atoms with Crippen LogP contribution in [0.2, 0.25) is 0 Å². The molecule has 0 aliphatic carbocycles. The SMILES string of the molecule is CC[C@H](C)NC(=O)NC(=O)COC(=O)c1ccccc1CSc1nc(C)cs1. The van der Waals surface area contributed by atoms with E-state index in [0.29, 0.717) is 11.3 Å². The van der Waals surface area contributed by atoms with Crippen LogP contribution < -0.4 is 10.6 Å². The molecule has 0 aliphatic heterocycles. The Morgan fingerprint density at radius 2 is 2.04 bits per heavy atom. The Kier molecular flexibility index (Phi) is 8.46. The topological polar surface area (TPSA) is 97.4 Å². The van der Waals surface area contributed by atoms with Gasteiger partial charge in [-0.1, -0.05) is 36.9 Å². The van der Waals surface area contributed by atoms with Crippen LogP contribution >= 0.6 is 23.1 Å². The van der Waals surface area contributed by atoms with Crippen molar-refractivity contribution < 1.29 is 19.1 Å². The van der Waals surface area contributed by atoms with Gasteiger partial charge in [-0.25, -0.2) is 14.6 Å². The van der Waals surface area contributed by atoms with Crippen molar-refractivity contribution in [1.82, 2.24) is 15.6 Å². The van der Waals surface area contributed by atoms with Gasteiger partial charge in [0, 0.05) is 22.9 Å². The number of rotatable bonds is 8. The Morgan fingerprint density at radius 3 is 2.71 bits per heavy atom. The maximum Gasteiger partial charge on any atom is 0.338 e. The average Bonchev–Trinajstić information content (AvgIpc) is 3.09. The number of aryl methyl sites for hydroxylation is 1. The Labute approximate surface area is 172 Å². The lowest BCUT2D eigenvalue weighted by Gasteiger charge is -2.12. The van der Waals surface area contributed by atoms with Crippen molar-refractivity contribution in [3.8, 4) is 0 Å². The van der Waals surface area contributed by atoms with E-state index in [0.717, 1.165) is 22.0 Å². The average molecular weight is 422 g/mol. The highest BCUT2D eigenvalue weighted by Gasteiger charge is 2.16. The fraction of sp³-hybridized carbons (Fsp3) is 0.368. The van der Waals surface area contributed by atoms with Gasteiger partial charge in [-0.3, -0.25) is 10.1 Å². The number of aromatic nitrogens is 1. The van der Waals surface area contributed by atoms with E-state index in [9.17, 15) is 14.4 Å². The van der Waals surface area contributed by atoms with Crippen molar-refractivity contribution in [1.29, 1.82) is 0 Å². The van der Waals surface area contributed by atoms with Crippen molar-refractivity contribution in [3.63, 3.8) is 0 Å². The number of esters is 1. The zero-order valence-electron chi connectivity index (χ0n) is 16.0. The number of thioether (sulfide) groups is 1. The lowest BCUT2D eigenvalue weighted by Crippen LogP contribution is -2.44. The van der Waals surface area contributed by atoms with Gasteiger partial charge in [0.2, 0.25) is 0 Å². The molecular weight excluding hydrogens is 398 g/mol. The quantitative estimate of drug-likeness (QED) is 0.500. The number of imide groups is 1. The van der Waals surface area contributed by atoms with Crippen molar-refractivity contribution >= 4 is 41.0 Å². The molecule has 9 heteroatoms. The molecule has 2 N–H and O–H groups in total. The smallest absolute Gasteiger partial charge is 0.338 e. The Bertz CT molecular complexity index is 838. The van der Waals surface area contributed by atoms with Crippen molar-refractivity contribution in [3.05, 3.63) is 46.5 Å². The number of urea groups is 1. The molecule has 1 atom stereocenters. The Morgan fingerprint density at radius 1 is 1.29 bits per heavy atom. The standard InChI is InChI=1S/C19H23N3O4S2/c1-4-12(2)20-18(25)22-16(23)9-26-17(24)15-8-6-5-7-14(15)11-28-19-21-13(3)10-27-19/h5-8,10,12H,4,9,11H2,1-3H3,(H2,20,22,23,25)/t12-/m0/s1. The molecule has 0 unspecified atom stereocenters. The minimum atomic E-state index is -0.681. The van der Waals surface area contributed by atoms with Crippen LogP contribution in [0.15, 0.2) is 34.0 Å². The second-order valence-electron chi connectivity index (χ2n) is 6.11. The van der Waals surface area contributed by atoms with Gasteiger partial charge in [-0.15, -0.1) is 11.3 Å². The first-order valence-corrected chi connectivity index (χ1v) is 10.7. The predicted octanol–water partition coefficient (Wildman–Crippen LogP) is 3.52. The van der Waals surface area contributed by atoms with Crippen LogP contribution in [0.25, 0.3) is 0 Å². The summed E-state index contributed by atoms with van der Waals surface area (Å²) in [5.74, 6) is -0.731. The van der Waals surface area contributed by atoms with Crippen LogP contribution in [0.4, 0.5) is 4.79 Å². The van der Waals surface area contributed by atoms with Crippen molar-refractivity contribution in [2.24, 2.45) is 0 Å². The summed E-state index contributed by atoms with van der Waals surface area (Å²) in [5, 5.41) is 6.71. The van der Waals surface area contributed by atoms with Gasteiger partial charge in [0.1, 0.15) is 4.34 Å². The molecular formula is C19H23N3O4S2. The molecule has 28 heavy (non-hydrogen) atoms. The molecule has 0 saturated heterocycles. The highest BCUT2D eigenvalue weighted by molar-refractivity contribution is 8.00. The zero-order valence-corrected chi connectivity index (χ0v) is 17.6. The fourth-order valence-corrected chi connectivity index (χ4v) is 3.97. The predicted molar refractivity (Wildman–Crippen MR) is 110 cm³/mol. The minimum absolute atomic E-state index is 0.0543. The van der Waals surface area contributed by atoms with E-state index in [1.807, 2.05) is 38.3 Å². The van der Waals surface area contributed by atoms with E-state index in [2.05, 4.69) is 15.6 Å². The summed E-state index contributed by atoms with van der Waals surface area (Å²) in [7, 11) is 0. The molecule has 0 spiro atoms. The molecule has 2 rings (SSSR count). The largest absolute Gasteiger partial charge is 0.452 e. The summed E-state index contributed by atoms with van der Waals surface area (Å²) in [6, 6.07) is 6.40.